The molecule has 0 saturated heterocycles. The lowest BCUT2D eigenvalue weighted by molar-refractivity contribution is -0.389. The highest BCUT2D eigenvalue weighted by Gasteiger charge is 2.35. The molecule has 0 radical (unpaired) electrons. The molecule has 0 aliphatic heterocycles. The minimum atomic E-state index is -1.18. The lowest BCUT2D eigenvalue weighted by Gasteiger charge is -2.24. The smallest absolute Gasteiger partial charge is 0.381 e. The molecule has 1 aromatic rings. The Bertz CT molecular complexity index is 415. The molecule has 1 aromatic heterocycles. The average Bonchev–Trinajstić information content (AvgIpc) is 2.66. The molecule has 0 bridgehead atoms. The van der Waals surface area contributed by atoms with Crippen LogP contribution >= 0.6 is 0 Å². The number of hydrogen-bond acceptors (Lipinski definition) is 4. The molecule has 1 rings (SSSR count). The largest absolute Gasteiger partial charge is 0.479 e. The summed E-state index contributed by atoms with van der Waals surface area (Å²) in [5.41, 5.74) is -1.18. The Balaban J connectivity index is 3.11. The van der Waals surface area contributed by atoms with Crippen molar-refractivity contribution in [3.63, 3.8) is 0 Å². The molecule has 0 spiro atoms. The molecule has 0 amide bonds. The van der Waals surface area contributed by atoms with Gasteiger partial charge in [0.2, 0.25) is 6.33 Å². The van der Waals surface area contributed by atoms with Crippen molar-refractivity contribution < 1.29 is 14.8 Å². The molecule has 1 heterocycles. The average molecular weight is 227 g/mol. The molecular formula is C9H13N3O4. The third-order valence-corrected chi connectivity index (χ3v) is 2.52. The van der Waals surface area contributed by atoms with E-state index in [9.17, 15) is 14.9 Å². The molecule has 1 N–H and O–H groups in total. The van der Waals surface area contributed by atoms with Gasteiger partial charge in [-0.15, -0.1) is 0 Å². The molecule has 0 aromatic carbocycles. The summed E-state index contributed by atoms with van der Waals surface area (Å²) in [7, 11) is 0. The number of carboxylic acid groups (broad SMARTS) is 1. The van der Waals surface area contributed by atoms with Gasteiger partial charge in [-0.05, 0) is 23.3 Å². The van der Waals surface area contributed by atoms with E-state index in [4.69, 9.17) is 5.11 Å². The van der Waals surface area contributed by atoms with Gasteiger partial charge in [0.15, 0.2) is 0 Å². The fourth-order valence-corrected chi connectivity index (χ4v) is 1.51. The first kappa shape index (κ1) is 12.2. The minimum Gasteiger partial charge on any atom is -0.479 e. The van der Waals surface area contributed by atoms with Crippen LogP contribution in [0, 0.1) is 10.1 Å². The number of carboxylic acids is 1. The Labute approximate surface area is 91.9 Å². The molecule has 7 nitrogen and oxygen atoms in total. The van der Waals surface area contributed by atoms with E-state index < -0.39 is 16.4 Å². The zero-order valence-electron chi connectivity index (χ0n) is 9.08. The van der Waals surface area contributed by atoms with Gasteiger partial charge in [0.25, 0.3) is 0 Å². The zero-order chi connectivity index (χ0) is 12.3. The Morgan fingerprint density at radius 3 is 2.75 bits per heavy atom. The van der Waals surface area contributed by atoms with Gasteiger partial charge >= 0.3 is 11.8 Å². The van der Waals surface area contributed by atoms with E-state index in [1.165, 1.54) is 17.8 Å². The molecule has 0 aliphatic rings. The number of carbonyl (C=O) groups is 1. The SMILES string of the molecule is CCCC(C)(C(=O)O)n1cnc([N+](=O)[O-])c1. The van der Waals surface area contributed by atoms with Crippen LogP contribution in [0.1, 0.15) is 26.7 Å². The second-order valence-corrected chi connectivity index (χ2v) is 3.73. The van der Waals surface area contributed by atoms with Gasteiger partial charge in [-0.3, -0.25) is 4.57 Å². The Morgan fingerprint density at radius 1 is 1.75 bits per heavy atom. The Hall–Kier alpha value is -1.92. The second-order valence-electron chi connectivity index (χ2n) is 3.73. The lowest BCUT2D eigenvalue weighted by atomic mass is 9.96. The van der Waals surface area contributed by atoms with Crippen LogP contribution in [0.25, 0.3) is 0 Å². The first-order chi connectivity index (χ1) is 7.41. The van der Waals surface area contributed by atoms with E-state index >= 15 is 0 Å². The van der Waals surface area contributed by atoms with Gasteiger partial charge in [-0.25, -0.2) is 4.79 Å². The predicted molar refractivity (Wildman–Crippen MR) is 55.1 cm³/mol. The number of aromatic nitrogens is 2. The third kappa shape index (κ3) is 2.02. The quantitative estimate of drug-likeness (QED) is 0.605. The van der Waals surface area contributed by atoms with Crippen molar-refractivity contribution in [3.05, 3.63) is 22.6 Å². The highest BCUT2D eigenvalue weighted by atomic mass is 16.6. The van der Waals surface area contributed by atoms with E-state index in [1.807, 2.05) is 6.92 Å². The topological polar surface area (TPSA) is 98.3 Å². The standard InChI is InChI=1S/C9H13N3O4/c1-3-4-9(2,8(13)14)11-5-7(10-6-11)12(15)16/h5-6H,3-4H2,1-2H3,(H,13,14). The van der Waals surface area contributed by atoms with Crippen molar-refractivity contribution in [2.75, 3.05) is 0 Å². The van der Waals surface area contributed by atoms with Crippen LogP contribution in [-0.2, 0) is 10.3 Å². The van der Waals surface area contributed by atoms with Gasteiger partial charge in [-0.1, -0.05) is 13.3 Å². The minimum absolute atomic E-state index is 0.344. The number of rotatable bonds is 5. The fraction of sp³-hybridized carbons (Fsp3) is 0.556. The van der Waals surface area contributed by atoms with Gasteiger partial charge in [0.1, 0.15) is 11.7 Å². The van der Waals surface area contributed by atoms with Crippen LogP contribution in [0.2, 0.25) is 0 Å². The monoisotopic (exact) mass is 227 g/mol. The van der Waals surface area contributed by atoms with Crippen LogP contribution in [0.5, 0.6) is 0 Å². The molecule has 0 fully saturated rings. The maximum Gasteiger partial charge on any atom is 0.381 e. The summed E-state index contributed by atoms with van der Waals surface area (Å²) in [5.74, 6) is -1.37. The van der Waals surface area contributed by atoms with Crippen molar-refractivity contribution in [2.24, 2.45) is 0 Å². The summed E-state index contributed by atoms with van der Waals surface area (Å²) >= 11 is 0. The van der Waals surface area contributed by atoms with Crippen molar-refractivity contribution >= 4 is 11.8 Å². The molecule has 16 heavy (non-hydrogen) atoms. The maximum atomic E-state index is 11.2. The van der Waals surface area contributed by atoms with E-state index in [-0.39, 0.29) is 5.82 Å². The van der Waals surface area contributed by atoms with Gasteiger partial charge in [0.05, 0.1) is 0 Å². The summed E-state index contributed by atoms with van der Waals surface area (Å²) < 4.78 is 1.27. The van der Waals surface area contributed by atoms with Crippen molar-refractivity contribution in [1.29, 1.82) is 0 Å². The summed E-state index contributed by atoms with van der Waals surface area (Å²) in [6.45, 7) is 3.37. The highest BCUT2D eigenvalue weighted by molar-refractivity contribution is 5.76. The summed E-state index contributed by atoms with van der Waals surface area (Å²) in [6, 6.07) is 0. The highest BCUT2D eigenvalue weighted by Crippen LogP contribution is 2.24. The maximum absolute atomic E-state index is 11.2. The molecule has 88 valence electrons. The molecule has 1 unspecified atom stereocenters. The van der Waals surface area contributed by atoms with Gasteiger partial charge in [0, 0.05) is 0 Å². The van der Waals surface area contributed by atoms with E-state index in [2.05, 4.69) is 4.98 Å². The van der Waals surface area contributed by atoms with E-state index in [0.717, 1.165) is 6.20 Å². The van der Waals surface area contributed by atoms with Crippen molar-refractivity contribution in [3.8, 4) is 0 Å². The number of nitro groups is 1. The van der Waals surface area contributed by atoms with Crippen LogP contribution in [-0.4, -0.2) is 25.6 Å². The fourth-order valence-electron chi connectivity index (χ4n) is 1.51. The first-order valence-corrected chi connectivity index (χ1v) is 4.84. The zero-order valence-corrected chi connectivity index (χ0v) is 9.08. The van der Waals surface area contributed by atoms with Crippen LogP contribution in [0.3, 0.4) is 0 Å². The third-order valence-electron chi connectivity index (χ3n) is 2.52. The van der Waals surface area contributed by atoms with Crippen molar-refractivity contribution in [1.82, 2.24) is 9.55 Å². The summed E-state index contributed by atoms with van der Waals surface area (Å²) in [5, 5.41) is 19.6. The predicted octanol–water partition coefficient (Wildman–Crippen LogP) is 1.39. The van der Waals surface area contributed by atoms with Crippen LogP contribution in [0.15, 0.2) is 12.5 Å². The van der Waals surface area contributed by atoms with Crippen LogP contribution < -0.4 is 0 Å². The molecule has 1 atom stereocenters. The number of nitrogens with zero attached hydrogens (tertiary/aromatic N) is 3. The van der Waals surface area contributed by atoms with Crippen LogP contribution in [0.4, 0.5) is 5.82 Å². The lowest BCUT2D eigenvalue weighted by Crippen LogP contribution is -2.38. The normalized spacial score (nSPS) is 14.4. The number of hydrogen-bond donors (Lipinski definition) is 1. The summed E-state index contributed by atoms with van der Waals surface area (Å²) in [6.07, 6.45) is 3.37. The Morgan fingerprint density at radius 2 is 2.38 bits per heavy atom. The number of imidazole rings is 1. The van der Waals surface area contributed by atoms with Crippen molar-refractivity contribution in [2.45, 2.75) is 32.2 Å². The first-order valence-electron chi connectivity index (χ1n) is 4.84. The van der Waals surface area contributed by atoms with Gasteiger partial charge in [-0.2, -0.15) is 0 Å². The summed E-state index contributed by atoms with van der Waals surface area (Å²) in [4.78, 5) is 24.5. The molecule has 0 saturated carbocycles. The molecular weight excluding hydrogens is 214 g/mol. The molecule has 7 heteroatoms. The van der Waals surface area contributed by atoms with Gasteiger partial charge < -0.3 is 15.2 Å². The Kier molecular flexibility index (Phi) is 3.26. The van der Waals surface area contributed by atoms with E-state index in [0.29, 0.717) is 12.8 Å². The second kappa shape index (κ2) is 4.30. The van der Waals surface area contributed by atoms with E-state index in [1.54, 1.807) is 0 Å². The molecule has 0 aliphatic carbocycles. The number of aliphatic carboxylic acids is 1.